The van der Waals surface area contributed by atoms with Crippen molar-refractivity contribution in [3.05, 3.63) is 71.8 Å². The Morgan fingerprint density at radius 1 is 0.706 bits per heavy atom. The first-order chi connectivity index (χ1) is 16.5. The Morgan fingerprint density at radius 3 is 1.74 bits per heavy atom. The highest BCUT2D eigenvalue weighted by molar-refractivity contribution is 5.90. The summed E-state index contributed by atoms with van der Waals surface area (Å²) in [6.07, 6.45) is 8.59. The average molecular weight is 467 g/mol. The van der Waals surface area contributed by atoms with Crippen LogP contribution in [-0.2, 0) is 27.2 Å². The fraction of sp³-hybridized carbons (Fsp3) is 0.464. The molecule has 0 aliphatic carbocycles. The molecule has 0 fully saturated rings. The molecule has 0 aliphatic rings. The molecule has 3 N–H and O–H groups in total. The normalized spacial score (nSPS) is 12.5. The van der Waals surface area contributed by atoms with Gasteiger partial charge in [-0.3, -0.25) is 9.59 Å². The number of amides is 2. The summed E-state index contributed by atoms with van der Waals surface area (Å²) in [5.74, 6) is -1.77. The molecule has 0 spiro atoms. The standard InChI is InChI=1S/C28H38N2O4/c1-2-3-4-5-6-7-14-19-26(31)29-24(20-22-15-10-8-11-16-22)27(32)30-25(28(33)34)21-23-17-12-9-13-18-23/h8-13,15-18,24-25H,2-7,14,19-21H2,1H3,(H,29,31)(H,30,32)(H,33,34)/t24-,25-/m0/s1. The Bertz CT molecular complexity index is 870. The second kappa shape index (κ2) is 15.6. The molecular formula is C28H38N2O4. The van der Waals surface area contributed by atoms with Gasteiger partial charge in [-0.05, 0) is 17.5 Å². The molecule has 34 heavy (non-hydrogen) atoms. The number of carboxylic acids is 1. The molecule has 0 bridgehead atoms. The summed E-state index contributed by atoms with van der Waals surface area (Å²) in [7, 11) is 0. The van der Waals surface area contributed by atoms with Gasteiger partial charge in [-0.15, -0.1) is 0 Å². The quantitative estimate of drug-likeness (QED) is 0.313. The number of carboxylic acid groups (broad SMARTS) is 1. The van der Waals surface area contributed by atoms with Crippen LogP contribution < -0.4 is 10.6 Å². The van der Waals surface area contributed by atoms with Crippen molar-refractivity contribution in [1.82, 2.24) is 10.6 Å². The smallest absolute Gasteiger partial charge is 0.326 e. The maximum absolute atomic E-state index is 13.1. The van der Waals surface area contributed by atoms with E-state index in [9.17, 15) is 19.5 Å². The number of hydrogen-bond donors (Lipinski definition) is 3. The predicted molar refractivity (Wildman–Crippen MR) is 134 cm³/mol. The van der Waals surface area contributed by atoms with Crippen LogP contribution in [0, 0.1) is 0 Å². The van der Waals surface area contributed by atoms with Crippen LogP contribution in [0.15, 0.2) is 60.7 Å². The van der Waals surface area contributed by atoms with E-state index in [-0.39, 0.29) is 12.3 Å². The van der Waals surface area contributed by atoms with E-state index < -0.39 is 24.0 Å². The first-order valence-corrected chi connectivity index (χ1v) is 12.4. The van der Waals surface area contributed by atoms with Gasteiger partial charge in [-0.2, -0.15) is 0 Å². The minimum absolute atomic E-state index is 0.173. The fourth-order valence-corrected chi connectivity index (χ4v) is 3.89. The van der Waals surface area contributed by atoms with E-state index in [4.69, 9.17) is 0 Å². The second-order valence-corrected chi connectivity index (χ2v) is 8.77. The number of benzene rings is 2. The van der Waals surface area contributed by atoms with Crippen molar-refractivity contribution in [2.24, 2.45) is 0 Å². The highest BCUT2D eigenvalue weighted by Gasteiger charge is 2.27. The van der Waals surface area contributed by atoms with Gasteiger partial charge in [-0.1, -0.05) is 106 Å². The molecule has 2 amide bonds. The second-order valence-electron chi connectivity index (χ2n) is 8.77. The summed E-state index contributed by atoms with van der Waals surface area (Å²) in [5.41, 5.74) is 1.71. The zero-order valence-corrected chi connectivity index (χ0v) is 20.2. The van der Waals surface area contributed by atoms with Crippen molar-refractivity contribution in [2.75, 3.05) is 0 Å². The molecule has 0 saturated heterocycles. The Hall–Kier alpha value is -3.15. The van der Waals surface area contributed by atoms with Gasteiger partial charge in [0.1, 0.15) is 12.1 Å². The topological polar surface area (TPSA) is 95.5 Å². The summed E-state index contributed by atoms with van der Waals surface area (Å²) >= 11 is 0. The van der Waals surface area contributed by atoms with E-state index in [0.29, 0.717) is 12.8 Å². The van der Waals surface area contributed by atoms with Crippen molar-refractivity contribution in [3.63, 3.8) is 0 Å². The molecule has 2 rings (SSSR count). The van der Waals surface area contributed by atoms with E-state index in [2.05, 4.69) is 17.6 Å². The third-order valence-electron chi connectivity index (χ3n) is 5.84. The van der Waals surface area contributed by atoms with Gasteiger partial charge in [0, 0.05) is 19.3 Å². The lowest BCUT2D eigenvalue weighted by atomic mass is 10.0. The minimum Gasteiger partial charge on any atom is -0.480 e. The number of unbranched alkanes of at least 4 members (excludes halogenated alkanes) is 6. The third-order valence-corrected chi connectivity index (χ3v) is 5.84. The molecule has 0 saturated carbocycles. The largest absolute Gasteiger partial charge is 0.480 e. The monoisotopic (exact) mass is 466 g/mol. The molecule has 0 aromatic heterocycles. The van der Waals surface area contributed by atoms with Crippen LogP contribution in [0.1, 0.15) is 69.4 Å². The molecule has 2 aromatic carbocycles. The van der Waals surface area contributed by atoms with Crippen LogP contribution in [0.2, 0.25) is 0 Å². The van der Waals surface area contributed by atoms with E-state index in [1.807, 2.05) is 60.7 Å². The number of carbonyl (C=O) groups is 3. The zero-order valence-electron chi connectivity index (χ0n) is 20.2. The molecule has 184 valence electrons. The predicted octanol–water partition coefficient (Wildman–Crippen LogP) is 4.67. The van der Waals surface area contributed by atoms with E-state index in [0.717, 1.165) is 30.4 Å². The van der Waals surface area contributed by atoms with Crippen LogP contribution in [0.4, 0.5) is 0 Å². The molecular weight excluding hydrogens is 428 g/mol. The number of hydrogen-bond acceptors (Lipinski definition) is 3. The number of nitrogens with one attached hydrogen (secondary N) is 2. The van der Waals surface area contributed by atoms with Gasteiger partial charge in [0.15, 0.2) is 0 Å². The van der Waals surface area contributed by atoms with Crippen molar-refractivity contribution in [3.8, 4) is 0 Å². The van der Waals surface area contributed by atoms with Gasteiger partial charge in [-0.25, -0.2) is 4.79 Å². The number of carbonyl (C=O) groups excluding carboxylic acids is 2. The van der Waals surface area contributed by atoms with E-state index >= 15 is 0 Å². The summed E-state index contributed by atoms with van der Waals surface area (Å²) < 4.78 is 0. The van der Waals surface area contributed by atoms with Crippen molar-refractivity contribution in [2.45, 2.75) is 83.2 Å². The first-order valence-electron chi connectivity index (χ1n) is 12.4. The van der Waals surface area contributed by atoms with E-state index in [1.165, 1.54) is 25.7 Å². The maximum atomic E-state index is 13.1. The first kappa shape index (κ1) is 27.1. The molecule has 6 heteroatoms. The lowest BCUT2D eigenvalue weighted by Crippen LogP contribution is -2.53. The SMILES string of the molecule is CCCCCCCCCC(=O)N[C@@H](Cc1ccccc1)C(=O)N[C@@H](Cc1ccccc1)C(=O)O. The number of aliphatic carboxylic acids is 1. The van der Waals surface area contributed by atoms with Crippen LogP contribution in [0.25, 0.3) is 0 Å². The molecule has 0 unspecified atom stereocenters. The Labute approximate surface area is 203 Å². The molecule has 2 aromatic rings. The van der Waals surface area contributed by atoms with Gasteiger partial charge in [0.2, 0.25) is 11.8 Å². The van der Waals surface area contributed by atoms with Gasteiger partial charge in [0.25, 0.3) is 0 Å². The molecule has 0 heterocycles. The van der Waals surface area contributed by atoms with Crippen LogP contribution in [0.3, 0.4) is 0 Å². The van der Waals surface area contributed by atoms with Crippen molar-refractivity contribution >= 4 is 17.8 Å². The summed E-state index contributed by atoms with van der Waals surface area (Å²) in [4.78, 5) is 37.5. The Kier molecular flexibility index (Phi) is 12.5. The summed E-state index contributed by atoms with van der Waals surface area (Å²) in [5, 5.41) is 15.1. The van der Waals surface area contributed by atoms with Crippen LogP contribution >= 0.6 is 0 Å². The lowest BCUT2D eigenvalue weighted by Gasteiger charge is -2.22. The summed E-state index contributed by atoms with van der Waals surface area (Å²) in [6, 6.07) is 16.7. The van der Waals surface area contributed by atoms with Crippen molar-refractivity contribution < 1.29 is 19.5 Å². The van der Waals surface area contributed by atoms with Crippen molar-refractivity contribution in [1.29, 1.82) is 0 Å². The number of rotatable bonds is 16. The lowest BCUT2D eigenvalue weighted by molar-refractivity contribution is -0.142. The van der Waals surface area contributed by atoms with Gasteiger partial charge >= 0.3 is 5.97 Å². The van der Waals surface area contributed by atoms with Crippen LogP contribution in [-0.4, -0.2) is 35.0 Å². The molecule has 6 nitrogen and oxygen atoms in total. The van der Waals surface area contributed by atoms with Crippen LogP contribution in [0.5, 0.6) is 0 Å². The molecule has 0 aliphatic heterocycles. The zero-order chi connectivity index (χ0) is 24.6. The Balaban J connectivity index is 1.96. The maximum Gasteiger partial charge on any atom is 0.326 e. The molecule has 2 atom stereocenters. The van der Waals surface area contributed by atoms with E-state index in [1.54, 1.807) is 0 Å². The highest BCUT2D eigenvalue weighted by Crippen LogP contribution is 2.10. The molecule has 0 radical (unpaired) electrons. The third kappa shape index (κ3) is 10.6. The Morgan fingerprint density at radius 2 is 1.21 bits per heavy atom. The van der Waals surface area contributed by atoms with Gasteiger partial charge in [0.05, 0.1) is 0 Å². The highest BCUT2D eigenvalue weighted by atomic mass is 16.4. The minimum atomic E-state index is -1.11. The average Bonchev–Trinajstić information content (AvgIpc) is 2.84. The summed E-state index contributed by atoms with van der Waals surface area (Å²) in [6.45, 7) is 2.19. The fourth-order valence-electron chi connectivity index (χ4n) is 3.89. The van der Waals surface area contributed by atoms with Gasteiger partial charge < -0.3 is 15.7 Å².